The summed E-state index contributed by atoms with van der Waals surface area (Å²) in [7, 11) is 0. The Hall–Kier alpha value is -4.70. The standard InChI is InChI=1S/C32H33ClN4O6/c1-18-10-13-25-26(14-18)36(17-27(38)21-9-7-6-8-19(21)2)28(39)24(16-37(25)30(42)32(3,4)5)35-31(43)34-20-11-12-23(33)22(15-20)29(40)41/h6-15,24H,16-17H2,1-5H3,(H,40,41)(H2,34,35,43). The fourth-order valence-electron chi connectivity index (χ4n) is 4.82. The third-order valence-electron chi connectivity index (χ3n) is 7.04. The molecule has 0 aliphatic carbocycles. The Kier molecular flexibility index (Phi) is 8.91. The van der Waals surface area contributed by atoms with E-state index in [2.05, 4.69) is 10.6 Å². The van der Waals surface area contributed by atoms with E-state index in [0.29, 0.717) is 16.9 Å². The molecule has 0 fully saturated rings. The van der Waals surface area contributed by atoms with Crippen molar-refractivity contribution < 1.29 is 29.1 Å². The van der Waals surface area contributed by atoms with Gasteiger partial charge in [0.15, 0.2) is 5.78 Å². The third kappa shape index (κ3) is 6.86. The summed E-state index contributed by atoms with van der Waals surface area (Å²) < 4.78 is 0. The highest BCUT2D eigenvalue weighted by atomic mass is 35.5. The van der Waals surface area contributed by atoms with E-state index in [1.54, 1.807) is 58.0 Å². The van der Waals surface area contributed by atoms with Crippen molar-refractivity contribution >= 4 is 58.3 Å². The summed E-state index contributed by atoms with van der Waals surface area (Å²) in [6.45, 7) is 8.39. The first-order valence-electron chi connectivity index (χ1n) is 13.6. The summed E-state index contributed by atoms with van der Waals surface area (Å²) in [6, 6.07) is 14.2. The predicted octanol–water partition coefficient (Wildman–Crippen LogP) is 5.45. The number of hydrogen-bond donors (Lipinski definition) is 3. The SMILES string of the molecule is Cc1ccc2c(c1)N(CC(=O)c1ccccc1C)C(=O)C(NC(=O)Nc1ccc(Cl)c(C(=O)O)c1)CN2C(=O)C(C)(C)C. The monoisotopic (exact) mass is 604 g/mol. The fourth-order valence-corrected chi connectivity index (χ4v) is 5.02. The van der Waals surface area contributed by atoms with Gasteiger partial charge in [-0.15, -0.1) is 0 Å². The second-order valence-electron chi connectivity index (χ2n) is 11.5. The van der Waals surface area contributed by atoms with Crippen molar-refractivity contribution in [2.45, 2.75) is 40.7 Å². The minimum atomic E-state index is -1.27. The maximum absolute atomic E-state index is 14.2. The summed E-state index contributed by atoms with van der Waals surface area (Å²) >= 11 is 5.95. The molecule has 0 saturated carbocycles. The second kappa shape index (κ2) is 12.3. The number of aryl methyl sites for hydroxylation is 2. The lowest BCUT2D eigenvalue weighted by molar-refractivity contribution is -0.126. The molecule has 0 bridgehead atoms. The molecule has 4 rings (SSSR count). The van der Waals surface area contributed by atoms with Gasteiger partial charge in [0.2, 0.25) is 5.91 Å². The van der Waals surface area contributed by atoms with Crippen LogP contribution in [0.5, 0.6) is 0 Å². The number of nitrogens with zero attached hydrogens (tertiary/aromatic N) is 2. The van der Waals surface area contributed by atoms with Gasteiger partial charge in [-0.2, -0.15) is 0 Å². The molecule has 0 radical (unpaired) electrons. The molecule has 1 unspecified atom stereocenters. The molecule has 224 valence electrons. The van der Waals surface area contributed by atoms with Crippen molar-refractivity contribution in [3.63, 3.8) is 0 Å². The number of halogens is 1. The lowest BCUT2D eigenvalue weighted by atomic mass is 9.94. The van der Waals surface area contributed by atoms with Crippen LogP contribution in [-0.4, -0.2) is 53.8 Å². The van der Waals surface area contributed by atoms with Crippen molar-refractivity contribution in [2.24, 2.45) is 5.41 Å². The van der Waals surface area contributed by atoms with Crippen molar-refractivity contribution in [3.8, 4) is 0 Å². The van der Waals surface area contributed by atoms with E-state index in [9.17, 15) is 29.1 Å². The molecule has 0 saturated heterocycles. The van der Waals surface area contributed by atoms with Crippen LogP contribution in [0, 0.1) is 19.3 Å². The molecule has 1 atom stereocenters. The molecule has 3 aromatic carbocycles. The first-order chi connectivity index (χ1) is 20.2. The summed E-state index contributed by atoms with van der Waals surface area (Å²) in [4.78, 5) is 68.8. The lowest BCUT2D eigenvalue weighted by Gasteiger charge is -2.31. The summed E-state index contributed by atoms with van der Waals surface area (Å²) in [5.41, 5.74) is 1.91. The number of carbonyl (C=O) groups is 5. The molecule has 1 heterocycles. The summed E-state index contributed by atoms with van der Waals surface area (Å²) in [5.74, 6) is -2.45. The van der Waals surface area contributed by atoms with Gasteiger partial charge in [0.25, 0.3) is 5.91 Å². The minimum Gasteiger partial charge on any atom is -0.478 e. The van der Waals surface area contributed by atoms with Crippen LogP contribution in [0.25, 0.3) is 0 Å². The molecular formula is C32H33ClN4O6. The molecule has 3 N–H and O–H groups in total. The zero-order valence-electron chi connectivity index (χ0n) is 24.5. The van der Waals surface area contributed by atoms with Gasteiger partial charge in [-0.1, -0.05) is 62.7 Å². The van der Waals surface area contributed by atoms with Crippen LogP contribution >= 0.6 is 11.6 Å². The van der Waals surface area contributed by atoms with E-state index < -0.39 is 29.4 Å². The third-order valence-corrected chi connectivity index (χ3v) is 7.37. The van der Waals surface area contributed by atoms with Gasteiger partial charge in [0.1, 0.15) is 6.04 Å². The number of carbonyl (C=O) groups excluding carboxylic acids is 4. The number of hydrogen-bond acceptors (Lipinski definition) is 5. The van der Waals surface area contributed by atoms with Crippen molar-refractivity contribution in [1.29, 1.82) is 0 Å². The van der Waals surface area contributed by atoms with E-state index in [-0.39, 0.29) is 41.1 Å². The van der Waals surface area contributed by atoms with Gasteiger partial charge in [-0.3, -0.25) is 14.4 Å². The Morgan fingerprint density at radius 1 is 0.953 bits per heavy atom. The number of rotatable bonds is 6. The number of fused-ring (bicyclic) bond motifs is 1. The number of ketones is 1. The molecule has 1 aliphatic heterocycles. The average molecular weight is 605 g/mol. The maximum Gasteiger partial charge on any atom is 0.337 e. The highest BCUT2D eigenvalue weighted by Crippen LogP contribution is 2.36. The highest BCUT2D eigenvalue weighted by Gasteiger charge is 2.40. The number of anilines is 3. The van der Waals surface area contributed by atoms with E-state index in [0.717, 1.165) is 11.1 Å². The average Bonchev–Trinajstić information content (AvgIpc) is 3.03. The fraction of sp³-hybridized carbons (Fsp3) is 0.281. The van der Waals surface area contributed by atoms with Crippen molar-refractivity contribution in [1.82, 2.24) is 5.32 Å². The Morgan fingerprint density at radius 2 is 1.65 bits per heavy atom. The van der Waals surface area contributed by atoms with Crippen LogP contribution in [0.1, 0.15) is 52.6 Å². The Morgan fingerprint density at radius 3 is 2.30 bits per heavy atom. The van der Waals surface area contributed by atoms with Gasteiger partial charge in [-0.25, -0.2) is 9.59 Å². The van der Waals surface area contributed by atoms with Crippen LogP contribution in [0.4, 0.5) is 21.9 Å². The number of benzene rings is 3. The molecule has 3 aromatic rings. The molecule has 1 aliphatic rings. The number of aromatic carboxylic acids is 1. The molecule has 0 spiro atoms. The van der Waals surface area contributed by atoms with Gasteiger partial charge in [-0.05, 0) is 55.3 Å². The second-order valence-corrected chi connectivity index (χ2v) is 11.9. The molecular weight excluding hydrogens is 572 g/mol. The van der Waals surface area contributed by atoms with Crippen LogP contribution in [0.15, 0.2) is 60.7 Å². The number of carboxylic acids is 1. The molecule has 0 aromatic heterocycles. The molecule has 4 amide bonds. The number of amides is 4. The predicted molar refractivity (Wildman–Crippen MR) is 165 cm³/mol. The summed E-state index contributed by atoms with van der Waals surface area (Å²) in [5, 5.41) is 14.5. The van der Waals surface area contributed by atoms with E-state index in [1.807, 2.05) is 19.1 Å². The zero-order chi connectivity index (χ0) is 31.6. The quantitative estimate of drug-likeness (QED) is 0.320. The zero-order valence-corrected chi connectivity index (χ0v) is 25.3. The van der Waals surface area contributed by atoms with Crippen molar-refractivity contribution in [3.05, 3.63) is 87.9 Å². The Balaban J connectivity index is 1.74. The lowest BCUT2D eigenvalue weighted by Crippen LogP contribution is -2.55. The van der Waals surface area contributed by atoms with Crippen LogP contribution < -0.4 is 20.4 Å². The number of nitrogens with one attached hydrogen (secondary N) is 2. The van der Waals surface area contributed by atoms with Gasteiger partial charge in [0, 0.05) is 16.7 Å². The normalized spacial score (nSPS) is 14.9. The van der Waals surface area contributed by atoms with Crippen LogP contribution in [0.2, 0.25) is 5.02 Å². The Bertz CT molecular complexity index is 1630. The van der Waals surface area contributed by atoms with Crippen LogP contribution in [0.3, 0.4) is 0 Å². The van der Waals surface area contributed by atoms with E-state index in [1.165, 1.54) is 28.0 Å². The van der Waals surface area contributed by atoms with E-state index in [4.69, 9.17) is 11.6 Å². The van der Waals surface area contributed by atoms with E-state index >= 15 is 0 Å². The molecule has 10 nitrogen and oxygen atoms in total. The first kappa shape index (κ1) is 31.2. The highest BCUT2D eigenvalue weighted by molar-refractivity contribution is 6.33. The summed E-state index contributed by atoms with van der Waals surface area (Å²) in [6.07, 6.45) is 0. The number of urea groups is 1. The smallest absolute Gasteiger partial charge is 0.337 e. The molecule has 43 heavy (non-hydrogen) atoms. The molecule has 11 heteroatoms. The van der Waals surface area contributed by atoms with Gasteiger partial charge in [0.05, 0.1) is 35.1 Å². The first-order valence-corrected chi connectivity index (χ1v) is 14.0. The van der Waals surface area contributed by atoms with Gasteiger partial charge < -0.3 is 25.5 Å². The number of Topliss-reactive ketones (excluding diaryl/α,β-unsaturated/α-hetero) is 1. The topological polar surface area (TPSA) is 136 Å². The minimum absolute atomic E-state index is 0.00393. The van der Waals surface area contributed by atoms with Gasteiger partial charge >= 0.3 is 12.0 Å². The largest absolute Gasteiger partial charge is 0.478 e. The number of carboxylic acid groups (broad SMARTS) is 1. The maximum atomic E-state index is 14.2. The van der Waals surface area contributed by atoms with Crippen LogP contribution in [-0.2, 0) is 9.59 Å². The van der Waals surface area contributed by atoms with Crippen molar-refractivity contribution in [2.75, 3.05) is 28.2 Å². The Labute approximate surface area is 254 Å².